The average molecular weight is 341 g/mol. The van der Waals surface area contributed by atoms with E-state index in [1.54, 1.807) is 6.08 Å². The lowest BCUT2D eigenvalue weighted by Crippen LogP contribution is -2.26. The highest BCUT2D eigenvalue weighted by Gasteiger charge is 2.36. The number of rotatable bonds is 2. The van der Waals surface area contributed by atoms with Gasteiger partial charge in [0, 0.05) is 49.3 Å². The van der Waals surface area contributed by atoms with Crippen molar-refractivity contribution < 1.29 is 4.74 Å². The molecule has 1 aliphatic carbocycles. The Labute approximate surface area is 153 Å². The predicted octanol–water partition coefficient (Wildman–Crippen LogP) is 4.24. The van der Waals surface area contributed by atoms with Gasteiger partial charge in [0.1, 0.15) is 11.5 Å². The maximum atomic E-state index is 9.08. The van der Waals surface area contributed by atoms with Crippen molar-refractivity contribution in [2.45, 2.75) is 5.92 Å². The maximum absolute atomic E-state index is 9.08. The van der Waals surface area contributed by atoms with Crippen molar-refractivity contribution in [2.24, 2.45) is 5.92 Å². The molecule has 4 heteroatoms. The number of hydrogen-bond acceptors (Lipinski definition) is 4. The van der Waals surface area contributed by atoms with Gasteiger partial charge in [-0.2, -0.15) is 5.26 Å². The summed E-state index contributed by atoms with van der Waals surface area (Å²) in [7, 11) is 4.01. The summed E-state index contributed by atoms with van der Waals surface area (Å²) in [5, 5.41) is 17.0. The van der Waals surface area contributed by atoms with Crippen LogP contribution in [0.25, 0.3) is 0 Å². The first-order valence-electron chi connectivity index (χ1n) is 8.54. The molecule has 2 atom stereocenters. The lowest BCUT2D eigenvalue weighted by Gasteiger charge is -2.36. The molecule has 4 rings (SSSR count). The molecular weight excluding hydrogens is 322 g/mol. The fraction of sp³-hybridized carbons (Fsp3) is 0.182. The van der Waals surface area contributed by atoms with Crippen LogP contribution in [0.3, 0.4) is 0 Å². The average Bonchev–Trinajstić information content (AvgIpc) is 2.65. The number of allylic oxidation sites excluding steroid dienone is 3. The first kappa shape index (κ1) is 16.2. The second kappa shape index (κ2) is 6.20. The standard InChI is InChI=1S/C22H19N3O/c1-25(2)17-8-10-19-21(12-17)26-20-11-16(24)7-9-18(20)22(19)15-5-3-14(13-23)4-6-15/h3-12,18,22,24H,1-2H3. The minimum Gasteiger partial charge on any atom is -0.461 e. The molecule has 2 aromatic carbocycles. The van der Waals surface area contributed by atoms with Crippen molar-refractivity contribution in [3.05, 3.63) is 83.1 Å². The zero-order valence-electron chi connectivity index (χ0n) is 14.7. The van der Waals surface area contributed by atoms with Gasteiger partial charge in [-0.25, -0.2) is 0 Å². The summed E-state index contributed by atoms with van der Waals surface area (Å²) < 4.78 is 6.18. The number of hydrogen-bond donors (Lipinski definition) is 1. The van der Waals surface area contributed by atoms with Gasteiger partial charge < -0.3 is 15.0 Å². The third-order valence-electron chi connectivity index (χ3n) is 4.94. The van der Waals surface area contributed by atoms with E-state index in [4.69, 9.17) is 15.4 Å². The molecule has 0 radical (unpaired) electrons. The van der Waals surface area contributed by atoms with E-state index >= 15 is 0 Å². The second-order valence-corrected chi connectivity index (χ2v) is 6.82. The molecule has 0 bridgehead atoms. The molecule has 0 fully saturated rings. The van der Waals surface area contributed by atoms with Crippen molar-refractivity contribution in [2.75, 3.05) is 19.0 Å². The highest BCUT2D eigenvalue weighted by atomic mass is 16.5. The molecule has 1 N–H and O–H groups in total. The highest BCUT2D eigenvalue weighted by Crippen LogP contribution is 2.48. The summed E-state index contributed by atoms with van der Waals surface area (Å²) >= 11 is 0. The molecule has 0 spiro atoms. The number of nitrogens with zero attached hydrogens (tertiary/aromatic N) is 2. The Balaban J connectivity index is 1.87. The van der Waals surface area contributed by atoms with Gasteiger partial charge in [0.05, 0.1) is 17.3 Å². The van der Waals surface area contributed by atoms with Crippen LogP contribution in [0.1, 0.15) is 22.6 Å². The Morgan fingerprint density at radius 3 is 2.58 bits per heavy atom. The minimum absolute atomic E-state index is 0.0507. The first-order valence-corrected chi connectivity index (χ1v) is 8.54. The molecule has 2 aromatic rings. The topological polar surface area (TPSA) is 60.1 Å². The third-order valence-corrected chi connectivity index (χ3v) is 4.94. The van der Waals surface area contributed by atoms with Crippen LogP contribution in [-0.4, -0.2) is 19.8 Å². The second-order valence-electron chi connectivity index (χ2n) is 6.82. The monoisotopic (exact) mass is 341 g/mol. The Morgan fingerprint density at radius 1 is 1.12 bits per heavy atom. The molecule has 1 aliphatic heterocycles. The van der Waals surface area contributed by atoms with Crippen LogP contribution in [0, 0.1) is 22.7 Å². The van der Waals surface area contributed by atoms with E-state index in [0.29, 0.717) is 11.3 Å². The molecule has 0 aromatic heterocycles. The number of anilines is 1. The predicted molar refractivity (Wildman–Crippen MR) is 103 cm³/mol. The SMILES string of the molecule is CN(C)c1ccc2c(c1)OC1=CC(=N)C=CC1C2c1ccc(C#N)cc1. The Morgan fingerprint density at radius 2 is 1.88 bits per heavy atom. The highest BCUT2D eigenvalue weighted by molar-refractivity contribution is 6.03. The van der Waals surface area contributed by atoms with Gasteiger partial charge in [-0.1, -0.05) is 24.3 Å². The van der Waals surface area contributed by atoms with Crippen LogP contribution in [-0.2, 0) is 0 Å². The van der Waals surface area contributed by atoms with Gasteiger partial charge in [-0.05, 0) is 29.8 Å². The van der Waals surface area contributed by atoms with Gasteiger partial charge in [-0.3, -0.25) is 0 Å². The van der Waals surface area contributed by atoms with E-state index in [1.807, 2.05) is 61.5 Å². The van der Waals surface area contributed by atoms with Gasteiger partial charge in [-0.15, -0.1) is 0 Å². The van der Waals surface area contributed by atoms with E-state index in [9.17, 15) is 0 Å². The molecule has 128 valence electrons. The summed E-state index contributed by atoms with van der Waals surface area (Å²) in [4.78, 5) is 2.05. The summed E-state index contributed by atoms with van der Waals surface area (Å²) in [5.41, 5.74) is 4.44. The molecular formula is C22H19N3O. The van der Waals surface area contributed by atoms with Gasteiger partial charge in [0.25, 0.3) is 0 Å². The molecule has 1 heterocycles. The van der Waals surface area contributed by atoms with Crippen molar-refractivity contribution in [1.29, 1.82) is 10.7 Å². The summed E-state index contributed by atoms with van der Waals surface area (Å²) in [6, 6.07) is 16.2. The van der Waals surface area contributed by atoms with Crippen molar-refractivity contribution in [3.63, 3.8) is 0 Å². The molecule has 26 heavy (non-hydrogen) atoms. The van der Waals surface area contributed by atoms with E-state index in [1.165, 1.54) is 0 Å². The lowest BCUT2D eigenvalue weighted by atomic mass is 9.75. The maximum Gasteiger partial charge on any atom is 0.132 e. The van der Waals surface area contributed by atoms with Crippen molar-refractivity contribution in [1.82, 2.24) is 0 Å². The number of ether oxygens (including phenoxy) is 1. The summed E-state index contributed by atoms with van der Waals surface area (Å²) in [6.07, 6.45) is 5.67. The van der Waals surface area contributed by atoms with E-state index in [2.05, 4.69) is 18.2 Å². The van der Waals surface area contributed by atoms with Crippen LogP contribution in [0.2, 0.25) is 0 Å². The minimum atomic E-state index is 0.0507. The summed E-state index contributed by atoms with van der Waals surface area (Å²) in [6.45, 7) is 0. The van der Waals surface area contributed by atoms with Crippen molar-refractivity contribution >= 4 is 11.4 Å². The lowest BCUT2D eigenvalue weighted by molar-refractivity contribution is 0.324. The first-order chi connectivity index (χ1) is 12.6. The number of nitriles is 1. The molecule has 0 saturated heterocycles. The normalized spacial score (nSPS) is 20.3. The quantitative estimate of drug-likeness (QED) is 0.889. The molecule has 0 saturated carbocycles. The van der Waals surface area contributed by atoms with Gasteiger partial charge >= 0.3 is 0 Å². The third kappa shape index (κ3) is 2.68. The number of nitrogens with one attached hydrogen (secondary N) is 1. The Bertz CT molecular complexity index is 977. The fourth-order valence-corrected chi connectivity index (χ4v) is 3.59. The molecule has 4 nitrogen and oxygen atoms in total. The van der Waals surface area contributed by atoms with E-state index in [0.717, 1.165) is 28.3 Å². The van der Waals surface area contributed by atoms with E-state index in [-0.39, 0.29) is 11.8 Å². The van der Waals surface area contributed by atoms with Crippen LogP contribution >= 0.6 is 0 Å². The van der Waals surface area contributed by atoms with Crippen LogP contribution in [0.15, 0.2) is 66.5 Å². The van der Waals surface area contributed by atoms with Crippen LogP contribution in [0.4, 0.5) is 5.69 Å². The smallest absolute Gasteiger partial charge is 0.132 e. The Hall–Kier alpha value is -3.32. The summed E-state index contributed by atoms with van der Waals surface area (Å²) in [5.74, 6) is 1.78. The molecule has 0 amide bonds. The Kier molecular flexibility index (Phi) is 3.85. The molecule has 2 unspecified atom stereocenters. The largest absolute Gasteiger partial charge is 0.461 e. The zero-order chi connectivity index (χ0) is 18.3. The number of fused-ring (bicyclic) bond motifs is 2. The van der Waals surface area contributed by atoms with E-state index < -0.39 is 0 Å². The number of benzene rings is 2. The molecule has 2 aliphatic rings. The van der Waals surface area contributed by atoms with Crippen LogP contribution < -0.4 is 9.64 Å². The zero-order valence-corrected chi connectivity index (χ0v) is 14.7. The fourth-order valence-electron chi connectivity index (χ4n) is 3.59. The van der Waals surface area contributed by atoms with Gasteiger partial charge in [0.15, 0.2) is 0 Å². The van der Waals surface area contributed by atoms with Crippen molar-refractivity contribution in [3.8, 4) is 11.8 Å². The van der Waals surface area contributed by atoms with Crippen LogP contribution in [0.5, 0.6) is 5.75 Å². The van der Waals surface area contributed by atoms with Gasteiger partial charge in [0.2, 0.25) is 0 Å².